The van der Waals surface area contributed by atoms with Crippen LogP contribution < -0.4 is 4.90 Å². The third-order valence-corrected chi connectivity index (χ3v) is 7.31. The molecule has 0 unspecified atom stereocenters. The number of carboxylic acids is 1. The fourth-order valence-corrected chi connectivity index (χ4v) is 5.51. The number of carboxylic acid groups (broad SMARTS) is 1. The molecule has 1 aromatic heterocycles. The van der Waals surface area contributed by atoms with Gasteiger partial charge in [-0.2, -0.15) is 0 Å². The highest BCUT2D eigenvalue weighted by atomic mass is 32.2. The normalized spacial score (nSPS) is 15.7. The predicted octanol–water partition coefficient (Wildman–Crippen LogP) is 7.20. The second-order valence-electron chi connectivity index (χ2n) is 7.68. The maximum atomic E-state index is 13.5. The summed E-state index contributed by atoms with van der Waals surface area (Å²) in [5.41, 5.74) is 2.01. The van der Waals surface area contributed by atoms with Crippen LogP contribution in [-0.2, 0) is 4.79 Å². The Kier molecular flexibility index (Phi) is 6.49. The van der Waals surface area contributed by atoms with Crippen molar-refractivity contribution in [3.05, 3.63) is 112 Å². The average molecular weight is 519 g/mol. The number of anilines is 1. The first-order chi connectivity index (χ1) is 17.4. The topological polar surface area (TPSA) is 70.0 Å². The Morgan fingerprint density at radius 1 is 0.861 bits per heavy atom. The van der Waals surface area contributed by atoms with E-state index in [9.17, 15) is 18.4 Å². The van der Waals surface area contributed by atoms with E-state index in [1.165, 1.54) is 76.5 Å². The first-order valence-electron chi connectivity index (χ1n) is 10.6. The molecule has 0 radical (unpaired) electrons. The maximum absolute atomic E-state index is 13.5. The zero-order valence-electron chi connectivity index (χ0n) is 18.4. The van der Waals surface area contributed by atoms with Crippen LogP contribution in [0, 0.1) is 11.6 Å². The number of amidine groups is 1. The number of rotatable bonds is 5. The number of aromatic carboxylic acids is 1. The summed E-state index contributed by atoms with van der Waals surface area (Å²) in [7, 11) is 0. The fourth-order valence-electron chi connectivity index (χ4n) is 3.48. The van der Waals surface area contributed by atoms with E-state index >= 15 is 0 Å². The Morgan fingerprint density at radius 3 is 2.14 bits per heavy atom. The van der Waals surface area contributed by atoms with Gasteiger partial charge >= 0.3 is 5.97 Å². The molecule has 1 N–H and O–H groups in total. The van der Waals surface area contributed by atoms with Gasteiger partial charge in [0, 0.05) is 9.75 Å². The summed E-state index contributed by atoms with van der Waals surface area (Å²) < 4.78 is 26.8. The van der Waals surface area contributed by atoms with Crippen molar-refractivity contribution in [3.8, 4) is 10.4 Å². The van der Waals surface area contributed by atoms with Gasteiger partial charge in [0.1, 0.15) is 11.6 Å². The Labute approximate surface area is 213 Å². The number of benzene rings is 3. The molecule has 0 spiro atoms. The van der Waals surface area contributed by atoms with Crippen molar-refractivity contribution < 1.29 is 23.5 Å². The summed E-state index contributed by atoms with van der Waals surface area (Å²) in [6.45, 7) is 0. The van der Waals surface area contributed by atoms with Crippen LogP contribution in [0.3, 0.4) is 0 Å². The highest BCUT2D eigenvalue weighted by Crippen LogP contribution is 2.39. The molecule has 5 nitrogen and oxygen atoms in total. The van der Waals surface area contributed by atoms with Crippen molar-refractivity contribution in [2.45, 2.75) is 0 Å². The lowest BCUT2D eigenvalue weighted by atomic mass is 10.1. The van der Waals surface area contributed by atoms with E-state index in [-0.39, 0.29) is 11.5 Å². The van der Waals surface area contributed by atoms with Crippen molar-refractivity contribution in [2.75, 3.05) is 4.90 Å². The van der Waals surface area contributed by atoms with Gasteiger partial charge in [-0.05, 0) is 96.2 Å². The van der Waals surface area contributed by atoms with Crippen LogP contribution in [0.25, 0.3) is 16.5 Å². The predicted molar refractivity (Wildman–Crippen MR) is 140 cm³/mol. The summed E-state index contributed by atoms with van der Waals surface area (Å²) in [5.74, 6) is -2.11. The SMILES string of the molecule is O=C(O)c1ccc(-c2ccc(C=C3SC(=Nc4ccc(F)cc4)N(c4ccc(F)cc4)C3=O)s2)cc1. The number of halogens is 2. The van der Waals surface area contributed by atoms with Crippen molar-refractivity contribution in [1.82, 2.24) is 0 Å². The second kappa shape index (κ2) is 9.88. The summed E-state index contributed by atoms with van der Waals surface area (Å²) >= 11 is 2.63. The lowest BCUT2D eigenvalue weighted by molar-refractivity contribution is -0.113. The number of hydrogen-bond donors (Lipinski definition) is 1. The van der Waals surface area contributed by atoms with Crippen LogP contribution >= 0.6 is 23.1 Å². The molecule has 2 heterocycles. The highest BCUT2D eigenvalue weighted by Gasteiger charge is 2.35. The molecule has 0 saturated carbocycles. The van der Waals surface area contributed by atoms with Gasteiger partial charge in [-0.3, -0.25) is 9.69 Å². The molecule has 1 aliphatic heterocycles. The quantitative estimate of drug-likeness (QED) is 0.284. The number of hydrogen-bond acceptors (Lipinski definition) is 5. The monoisotopic (exact) mass is 518 g/mol. The lowest BCUT2D eigenvalue weighted by Crippen LogP contribution is -2.28. The molecule has 1 saturated heterocycles. The fraction of sp³-hybridized carbons (Fsp3) is 0. The largest absolute Gasteiger partial charge is 0.478 e. The van der Waals surface area contributed by atoms with E-state index in [1.807, 2.05) is 12.1 Å². The van der Waals surface area contributed by atoms with E-state index in [2.05, 4.69) is 4.99 Å². The molecule has 5 rings (SSSR count). The summed E-state index contributed by atoms with van der Waals surface area (Å²) in [5, 5.41) is 9.46. The first kappa shape index (κ1) is 23.7. The van der Waals surface area contributed by atoms with Crippen LogP contribution in [0.1, 0.15) is 15.2 Å². The number of nitrogens with zero attached hydrogens (tertiary/aromatic N) is 2. The van der Waals surface area contributed by atoms with E-state index < -0.39 is 17.6 Å². The van der Waals surface area contributed by atoms with E-state index in [0.717, 1.165) is 15.3 Å². The van der Waals surface area contributed by atoms with E-state index in [4.69, 9.17) is 5.11 Å². The number of thiophene rings is 1. The van der Waals surface area contributed by atoms with Crippen molar-refractivity contribution in [2.24, 2.45) is 4.99 Å². The van der Waals surface area contributed by atoms with Gasteiger partial charge in [0.05, 0.1) is 21.8 Å². The van der Waals surface area contributed by atoms with Gasteiger partial charge in [0.2, 0.25) is 0 Å². The zero-order chi connectivity index (χ0) is 25.2. The van der Waals surface area contributed by atoms with Gasteiger partial charge in [0.25, 0.3) is 5.91 Å². The molecule has 0 bridgehead atoms. The molecule has 3 aromatic carbocycles. The molecule has 1 aliphatic rings. The summed E-state index contributed by atoms with van der Waals surface area (Å²) in [6, 6.07) is 21.5. The van der Waals surface area contributed by atoms with E-state index in [0.29, 0.717) is 21.4 Å². The maximum Gasteiger partial charge on any atom is 0.335 e. The van der Waals surface area contributed by atoms with Gasteiger partial charge < -0.3 is 5.11 Å². The summed E-state index contributed by atoms with van der Waals surface area (Å²) in [6.07, 6.45) is 1.76. The molecule has 9 heteroatoms. The minimum atomic E-state index is -0.987. The van der Waals surface area contributed by atoms with Crippen molar-refractivity contribution in [1.29, 1.82) is 0 Å². The van der Waals surface area contributed by atoms with Gasteiger partial charge in [-0.1, -0.05) is 12.1 Å². The minimum absolute atomic E-state index is 0.208. The van der Waals surface area contributed by atoms with Gasteiger partial charge in [0.15, 0.2) is 5.17 Å². The first-order valence-corrected chi connectivity index (χ1v) is 12.3. The number of amides is 1. The number of thioether (sulfide) groups is 1. The Bertz CT molecular complexity index is 1510. The molecular formula is C27H16F2N2O3S2. The molecule has 1 amide bonds. The number of carbonyl (C=O) groups is 2. The molecule has 0 aliphatic carbocycles. The van der Waals surface area contributed by atoms with Gasteiger partial charge in [-0.25, -0.2) is 18.6 Å². The molecular weight excluding hydrogens is 502 g/mol. The minimum Gasteiger partial charge on any atom is -0.478 e. The van der Waals surface area contributed by atoms with Crippen LogP contribution in [0.2, 0.25) is 0 Å². The summed E-state index contributed by atoms with van der Waals surface area (Å²) in [4.78, 5) is 32.6. The molecule has 0 atom stereocenters. The highest BCUT2D eigenvalue weighted by molar-refractivity contribution is 8.19. The number of carbonyl (C=O) groups excluding carboxylic acids is 1. The Morgan fingerprint density at radius 2 is 1.50 bits per heavy atom. The third kappa shape index (κ3) is 4.98. The Hall–Kier alpha value is -4.08. The molecule has 36 heavy (non-hydrogen) atoms. The van der Waals surface area contributed by atoms with Crippen molar-refractivity contribution in [3.63, 3.8) is 0 Å². The van der Waals surface area contributed by atoms with E-state index in [1.54, 1.807) is 30.3 Å². The number of aliphatic imine (C=N–C) groups is 1. The molecule has 4 aromatic rings. The van der Waals surface area contributed by atoms with Crippen LogP contribution in [0.5, 0.6) is 0 Å². The van der Waals surface area contributed by atoms with Gasteiger partial charge in [-0.15, -0.1) is 11.3 Å². The van der Waals surface area contributed by atoms with Crippen LogP contribution in [-0.4, -0.2) is 22.2 Å². The van der Waals surface area contributed by atoms with Crippen LogP contribution in [0.15, 0.2) is 94.8 Å². The van der Waals surface area contributed by atoms with Crippen LogP contribution in [0.4, 0.5) is 20.2 Å². The second-order valence-corrected chi connectivity index (χ2v) is 9.81. The molecule has 178 valence electrons. The standard InChI is InChI=1S/C27H16F2N2O3S2/c28-18-5-9-20(10-6-18)30-27-31(21-11-7-19(29)8-12-21)25(32)24(36-27)15-22-13-14-23(35-22)16-1-3-17(4-2-16)26(33)34/h1-15H,(H,33,34). The average Bonchev–Trinajstić information content (AvgIpc) is 3.46. The van der Waals surface area contributed by atoms with Crippen molar-refractivity contribution >= 4 is 57.6 Å². The molecule has 1 fully saturated rings. The third-order valence-electron chi connectivity index (χ3n) is 5.26. The zero-order valence-corrected chi connectivity index (χ0v) is 20.0. The smallest absolute Gasteiger partial charge is 0.335 e. The Balaban J connectivity index is 1.48. The lowest BCUT2D eigenvalue weighted by Gasteiger charge is -2.15.